The van der Waals surface area contributed by atoms with E-state index in [4.69, 9.17) is 0 Å². The molecule has 0 aromatic heterocycles. The number of anilines is 1. The Morgan fingerprint density at radius 3 is 2.52 bits per heavy atom. The first-order valence-corrected chi connectivity index (χ1v) is 7.73. The molecule has 0 radical (unpaired) electrons. The van der Waals surface area contributed by atoms with Crippen LogP contribution in [-0.2, 0) is 9.59 Å². The Morgan fingerprint density at radius 1 is 1.24 bits per heavy atom. The summed E-state index contributed by atoms with van der Waals surface area (Å²) in [6.07, 6.45) is 0.902. The van der Waals surface area contributed by atoms with Gasteiger partial charge in [-0.3, -0.25) is 14.5 Å². The van der Waals surface area contributed by atoms with Crippen molar-refractivity contribution in [3.05, 3.63) is 28.2 Å². The van der Waals surface area contributed by atoms with Crippen LogP contribution in [0.25, 0.3) is 0 Å². The highest BCUT2D eigenvalue weighted by molar-refractivity contribution is 9.10. The minimum atomic E-state index is -0.137. The molecule has 0 atom stereocenters. The summed E-state index contributed by atoms with van der Waals surface area (Å²) in [6.45, 7) is 5.01. The molecule has 0 spiro atoms. The van der Waals surface area contributed by atoms with Gasteiger partial charge in [0.15, 0.2) is 0 Å². The largest absolute Gasteiger partial charge is 0.355 e. The molecule has 0 bridgehead atoms. The van der Waals surface area contributed by atoms with E-state index in [2.05, 4.69) is 26.6 Å². The highest BCUT2D eigenvalue weighted by Gasteiger charge is 2.10. The van der Waals surface area contributed by atoms with Crippen LogP contribution >= 0.6 is 15.9 Å². The lowest BCUT2D eigenvalue weighted by atomic mass is 10.2. The molecule has 6 heteroatoms. The topological polar surface area (TPSA) is 61.4 Å². The zero-order valence-electron chi connectivity index (χ0n) is 12.7. The number of aryl methyl sites for hydroxylation is 1. The number of hydrogen-bond acceptors (Lipinski definition) is 3. The molecule has 2 N–H and O–H groups in total. The number of carbonyl (C=O) groups is 2. The Kier molecular flexibility index (Phi) is 7.39. The Morgan fingerprint density at radius 2 is 1.90 bits per heavy atom. The van der Waals surface area contributed by atoms with Gasteiger partial charge in [0.2, 0.25) is 11.8 Å². The monoisotopic (exact) mass is 355 g/mol. The summed E-state index contributed by atoms with van der Waals surface area (Å²) >= 11 is 3.42. The van der Waals surface area contributed by atoms with Crippen LogP contribution in [0.4, 0.5) is 5.69 Å². The fourth-order valence-electron chi connectivity index (χ4n) is 1.79. The van der Waals surface area contributed by atoms with Crippen molar-refractivity contribution in [3.8, 4) is 0 Å². The molecule has 1 aromatic carbocycles. The smallest absolute Gasteiger partial charge is 0.238 e. The molecule has 0 aliphatic carbocycles. The van der Waals surface area contributed by atoms with Gasteiger partial charge in [0.25, 0.3) is 0 Å². The molecule has 0 fully saturated rings. The van der Waals surface area contributed by atoms with Crippen molar-refractivity contribution in [1.82, 2.24) is 10.2 Å². The van der Waals surface area contributed by atoms with Gasteiger partial charge in [0, 0.05) is 16.7 Å². The maximum atomic E-state index is 11.9. The van der Waals surface area contributed by atoms with Crippen LogP contribution in [-0.4, -0.2) is 43.4 Å². The number of rotatable bonds is 7. The van der Waals surface area contributed by atoms with Crippen molar-refractivity contribution >= 4 is 33.4 Å². The van der Waals surface area contributed by atoms with E-state index in [1.54, 1.807) is 11.9 Å². The lowest BCUT2D eigenvalue weighted by molar-refractivity contribution is -0.122. The lowest BCUT2D eigenvalue weighted by Gasteiger charge is -2.16. The summed E-state index contributed by atoms with van der Waals surface area (Å²) in [7, 11) is 1.75. The van der Waals surface area contributed by atoms with Crippen molar-refractivity contribution < 1.29 is 9.59 Å². The zero-order valence-corrected chi connectivity index (χ0v) is 14.3. The van der Waals surface area contributed by atoms with E-state index >= 15 is 0 Å². The minimum Gasteiger partial charge on any atom is -0.355 e. The van der Waals surface area contributed by atoms with Crippen molar-refractivity contribution in [2.75, 3.05) is 32.0 Å². The van der Waals surface area contributed by atoms with E-state index in [0.29, 0.717) is 6.54 Å². The van der Waals surface area contributed by atoms with Gasteiger partial charge in [-0.15, -0.1) is 0 Å². The third-order valence-corrected chi connectivity index (χ3v) is 3.73. The first-order chi connectivity index (χ1) is 9.92. The summed E-state index contributed by atoms with van der Waals surface area (Å²) in [5.41, 5.74) is 1.81. The van der Waals surface area contributed by atoms with Gasteiger partial charge in [0.1, 0.15) is 0 Å². The molecule has 0 heterocycles. The Labute approximate surface area is 134 Å². The van der Waals surface area contributed by atoms with E-state index in [1.807, 2.05) is 32.0 Å². The molecule has 5 nitrogen and oxygen atoms in total. The van der Waals surface area contributed by atoms with Crippen LogP contribution in [0.3, 0.4) is 0 Å². The first-order valence-electron chi connectivity index (χ1n) is 6.93. The number of carbonyl (C=O) groups excluding carboxylic acids is 2. The number of amides is 2. The van der Waals surface area contributed by atoms with Gasteiger partial charge in [-0.05, 0) is 44.2 Å². The molecule has 116 valence electrons. The molecule has 0 saturated heterocycles. The highest BCUT2D eigenvalue weighted by Crippen LogP contribution is 2.19. The lowest BCUT2D eigenvalue weighted by Crippen LogP contribution is -2.39. The van der Waals surface area contributed by atoms with Crippen molar-refractivity contribution in [3.63, 3.8) is 0 Å². The predicted molar refractivity (Wildman–Crippen MR) is 88.3 cm³/mol. The van der Waals surface area contributed by atoms with Crippen LogP contribution in [0.15, 0.2) is 22.7 Å². The molecule has 1 aromatic rings. The molecule has 0 unspecified atom stereocenters. The van der Waals surface area contributed by atoms with Gasteiger partial charge < -0.3 is 10.6 Å². The number of hydrogen-bond donors (Lipinski definition) is 2. The van der Waals surface area contributed by atoms with Gasteiger partial charge in [-0.1, -0.05) is 22.9 Å². The average molecular weight is 356 g/mol. The third-order valence-electron chi connectivity index (χ3n) is 2.84. The number of nitrogens with one attached hydrogen (secondary N) is 2. The third kappa shape index (κ3) is 6.73. The Hall–Kier alpha value is -1.40. The Bertz CT molecular complexity index is 506. The molecule has 1 rings (SSSR count). The minimum absolute atomic E-state index is 0.0633. The fourth-order valence-corrected chi connectivity index (χ4v) is 2.04. The van der Waals surface area contributed by atoms with Gasteiger partial charge in [-0.2, -0.15) is 0 Å². The van der Waals surface area contributed by atoms with Crippen molar-refractivity contribution in [1.29, 1.82) is 0 Å². The summed E-state index contributed by atoms with van der Waals surface area (Å²) in [6, 6.07) is 5.63. The molecule has 0 aliphatic rings. The standard InChI is InChI=1S/C15H22BrN3O2/c1-4-7-17-14(20)9-19(3)10-15(21)18-12-5-6-13(16)11(2)8-12/h5-6,8H,4,7,9-10H2,1-3H3,(H,17,20)(H,18,21). The van der Waals surface area contributed by atoms with Crippen LogP contribution in [0.1, 0.15) is 18.9 Å². The van der Waals surface area contributed by atoms with Crippen molar-refractivity contribution in [2.24, 2.45) is 0 Å². The summed E-state index contributed by atoms with van der Waals surface area (Å²) in [5.74, 6) is -0.200. The maximum absolute atomic E-state index is 11.9. The van der Waals surface area contributed by atoms with E-state index in [-0.39, 0.29) is 24.9 Å². The normalized spacial score (nSPS) is 10.5. The maximum Gasteiger partial charge on any atom is 0.238 e. The van der Waals surface area contributed by atoms with Gasteiger partial charge >= 0.3 is 0 Å². The molecular formula is C15H22BrN3O2. The van der Waals surface area contributed by atoms with Crippen LogP contribution in [0.5, 0.6) is 0 Å². The average Bonchev–Trinajstić information content (AvgIpc) is 2.40. The number of halogens is 1. The number of nitrogens with zero attached hydrogens (tertiary/aromatic N) is 1. The van der Waals surface area contributed by atoms with Gasteiger partial charge in [0.05, 0.1) is 13.1 Å². The number of likely N-dealkylation sites (N-methyl/N-ethyl adjacent to an activating group) is 1. The molecule has 0 aliphatic heterocycles. The second-order valence-electron chi connectivity index (χ2n) is 5.03. The zero-order chi connectivity index (χ0) is 15.8. The second kappa shape index (κ2) is 8.79. The van der Waals surface area contributed by atoms with E-state index in [0.717, 1.165) is 22.1 Å². The van der Waals surface area contributed by atoms with Crippen LogP contribution in [0, 0.1) is 6.92 Å². The van der Waals surface area contributed by atoms with Crippen LogP contribution < -0.4 is 10.6 Å². The molecule has 2 amide bonds. The Balaban J connectivity index is 2.42. The van der Waals surface area contributed by atoms with E-state index in [9.17, 15) is 9.59 Å². The van der Waals surface area contributed by atoms with E-state index < -0.39 is 0 Å². The molecular weight excluding hydrogens is 334 g/mol. The predicted octanol–water partition coefficient (Wildman–Crippen LogP) is 2.15. The summed E-state index contributed by atoms with van der Waals surface area (Å²) in [5, 5.41) is 5.61. The highest BCUT2D eigenvalue weighted by atomic mass is 79.9. The fraction of sp³-hybridized carbons (Fsp3) is 0.467. The summed E-state index contributed by atoms with van der Waals surface area (Å²) < 4.78 is 1.00. The van der Waals surface area contributed by atoms with Crippen molar-refractivity contribution in [2.45, 2.75) is 20.3 Å². The first kappa shape index (κ1) is 17.7. The second-order valence-corrected chi connectivity index (χ2v) is 5.89. The number of benzene rings is 1. The summed E-state index contributed by atoms with van der Waals surface area (Å²) in [4.78, 5) is 25.1. The SMILES string of the molecule is CCCNC(=O)CN(C)CC(=O)Nc1ccc(Br)c(C)c1. The quantitative estimate of drug-likeness (QED) is 0.787. The van der Waals surface area contributed by atoms with Gasteiger partial charge in [-0.25, -0.2) is 0 Å². The van der Waals surface area contributed by atoms with E-state index in [1.165, 1.54) is 0 Å². The molecule has 21 heavy (non-hydrogen) atoms. The van der Waals surface area contributed by atoms with Crippen LogP contribution in [0.2, 0.25) is 0 Å². The molecule has 0 saturated carbocycles.